The normalized spacial score (nSPS) is 10.2. The lowest BCUT2D eigenvalue weighted by Gasteiger charge is -2.06. The van der Waals surface area contributed by atoms with E-state index in [1.54, 1.807) is 25.3 Å². The molecule has 6 heteroatoms. The Bertz CT molecular complexity index is 582. The number of hydrogen-bond acceptors (Lipinski definition) is 3. The van der Waals surface area contributed by atoms with Crippen molar-refractivity contribution in [3.63, 3.8) is 0 Å². The molecule has 0 atom stereocenters. The highest BCUT2D eigenvalue weighted by Crippen LogP contribution is 2.25. The molecule has 0 aliphatic heterocycles. The van der Waals surface area contributed by atoms with Gasteiger partial charge in [-0.1, -0.05) is 15.9 Å². The van der Waals surface area contributed by atoms with Crippen molar-refractivity contribution in [3.8, 4) is 5.75 Å². The average Bonchev–Trinajstić information content (AvgIpc) is 2.75. The molecule has 0 unspecified atom stereocenters. The van der Waals surface area contributed by atoms with Crippen molar-refractivity contribution >= 4 is 39.1 Å². The highest BCUT2D eigenvalue weighted by Gasteiger charge is 2.11. The van der Waals surface area contributed by atoms with Gasteiger partial charge in [-0.25, -0.2) is 0 Å². The summed E-state index contributed by atoms with van der Waals surface area (Å²) in [5, 5.41) is 2.86. The zero-order valence-corrected chi connectivity index (χ0v) is 11.7. The molecule has 1 amide bonds. The van der Waals surface area contributed by atoms with Crippen molar-refractivity contribution in [1.29, 1.82) is 0 Å². The second kappa shape index (κ2) is 5.46. The SMILES string of the molecule is COc1cc(Br)cc(NC(=O)c2ccc(Cl)o2)c1. The third-order valence-electron chi connectivity index (χ3n) is 2.16. The summed E-state index contributed by atoms with van der Waals surface area (Å²) in [5.74, 6) is 0.415. The third kappa shape index (κ3) is 3.05. The monoisotopic (exact) mass is 329 g/mol. The molecule has 2 aromatic rings. The van der Waals surface area contributed by atoms with Crippen LogP contribution in [0.4, 0.5) is 5.69 Å². The zero-order valence-electron chi connectivity index (χ0n) is 9.37. The molecule has 0 saturated heterocycles. The fraction of sp³-hybridized carbons (Fsp3) is 0.0833. The lowest BCUT2D eigenvalue weighted by Crippen LogP contribution is -2.10. The molecule has 0 fully saturated rings. The summed E-state index contributed by atoms with van der Waals surface area (Å²) < 4.78 is 10.9. The fourth-order valence-electron chi connectivity index (χ4n) is 1.38. The molecule has 94 valence electrons. The highest BCUT2D eigenvalue weighted by atomic mass is 79.9. The molecular weight excluding hydrogens is 321 g/mol. The van der Waals surface area contributed by atoms with Crippen LogP contribution in [0.25, 0.3) is 0 Å². The molecule has 2 rings (SSSR count). The first-order valence-corrected chi connectivity index (χ1v) is 6.17. The number of carbonyl (C=O) groups excluding carboxylic acids is 1. The number of benzene rings is 1. The Labute approximate surface area is 117 Å². The van der Waals surface area contributed by atoms with Gasteiger partial charge in [0.25, 0.3) is 5.91 Å². The van der Waals surface area contributed by atoms with E-state index in [9.17, 15) is 4.79 Å². The van der Waals surface area contributed by atoms with E-state index >= 15 is 0 Å². The summed E-state index contributed by atoms with van der Waals surface area (Å²) in [6.45, 7) is 0. The highest BCUT2D eigenvalue weighted by molar-refractivity contribution is 9.10. The number of methoxy groups -OCH3 is 1. The third-order valence-corrected chi connectivity index (χ3v) is 2.82. The van der Waals surface area contributed by atoms with E-state index in [2.05, 4.69) is 21.2 Å². The van der Waals surface area contributed by atoms with Gasteiger partial charge in [-0.05, 0) is 35.9 Å². The van der Waals surface area contributed by atoms with Gasteiger partial charge in [0.1, 0.15) is 5.75 Å². The van der Waals surface area contributed by atoms with Crippen LogP contribution in [0.5, 0.6) is 5.75 Å². The molecule has 4 nitrogen and oxygen atoms in total. The predicted octanol–water partition coefficient (Wildman–Crippen LogP) is 3.96. The first kappa shape index (κ1) is 13.0. The number of hydrogen-bond donors (Lipinski definition) is 1. The van der Waals surface area contributed by atoms with Gasteiger partial charge in [-0.15, -0.1) is 0 Å². The van der Waals surface area contributed by atoms with Gasteiger partial charge in [-0.2, -0.15) is 0 Å². The van der Waals surface area contributed by atoms with Gasteiger partial charge in [0.15, 0.2) is 11.0 Å². The van der Waals surface area contributed by atoms with Crippen molar-refractivity contribution in [2.24, 2.45) is 0 Å². The van der Waals surface area contributed by atoms with E-state index in [1.807, 2.05) is 0 Å². The van der Waals surface area contributed by atoms with E-state index in [0.29, 0.717) is 11.4 Å². The molecule has 0 aliphatic rings. The fourth-order valence-corrected chi connectivity index (χ4v) is 2.00. The first-order valence-electron chi connectivity index (χ1n) is 5.00. The summed E-state index contributed by atoms with van der Waals surface area (Å²) in [7, 11) is 1.56. The van der Waals surface area contributed by atoms with Crippen LogP contribution in [-0.2, 0) is 0 Å². The Morgan fingerprint density at radius 2 is 2.17 bits per heavy atom. The zero-order chi connectivity index (χ0) is 13.1. The summed E-state index contributed by atoms with van der Waals surface area (Å²) in [4.78, 5) is 11.8. The van der Waals surface area contributed by atoms with Crippen LogP contribution in [0.3, 0.4) is 0 Å². The Hall–Kier alpha value is -1.46. The van der Waals surface area contributed by atoms with Crippen molar-refractivity contribution in [2.75, 3.05) is 12.4 Å². The molecular formula is C12H9BrClNO3. The van der Waals surface area contributed by atoms with E-state index < -0.39 is 0 Å². The Kier molecular flexibility index (Phi) is 3.93. The maximum Gasteiger partial charge on any atom is 0.291 e. The summed E-state index contributed by atoms with van der Waals surface area (Å²) in [6, 6.07) is 8.27. The molecule has 0 saturated carbocycles. The van der Waals surface area contributed by atoms with Crippen LogP contribution in [0.15, 0.2) is 39.2 Å². The second-order valence-corrected chi connectivity index (χ2v) is 4.73. The lowest BCUT2D eigenvalue weighted by atomic mass is 10.3. The molecule has 1 aromatic heterocycles. The number of carbonyl (C=O) groups is 1. The topological polar surface area (TPSA) is 51.5 Å². The van der Waals surface area contributed by atoms with E-state index in [4.69, 9.17) is 20.8 Å². The quantitative estimate of drug-likeness (QED) is 0.927. The molecule has 0 spiro atoms. The minimum absolute atomic E-state index is 0.152. The Morgan fingerprint density at radius 1 is 1.39 bits per heavy atom. The van der Waals surface area contributed by atoms with E-state index in [0.717, 1.165) is 4.47 Å². The van der Waals surface area contributed by atoms with Gasteiger partial charge >= 0.3 is 0 Å². The first-order chi connectivity index (χ1) is 8.58. The Morgan fingerprint density at radius 3 is 2.78 bits per heavy atom. The largest absolute Gasteiger partial charge is 0.497 e. The number of furan rings is 1. The minimum Gasteiger partial charge on any atom is -0.497 e. The maximum absolute atomic E-state index is 11.8. The number of anilines is 1. The van der Waals surface area contributed by atoms with Crippen LogP contribution in [0.2, 0.25) is 5.22 Å². The van der Waals surface area contributed by atoms with Crippen LogP contribution >= 0.6 is 27.5 Å². The number of nitrogens with one attached hydrogen (secondary N) is 1. The minimum atomic E-state index is -0.373. The van der Waals surface area contributed by atoms with Gasteiger partial charge in [0.05, 0.1) is 7.11 Å². The van der Waals surface area contributed by atoms with Crippen LogP contribution in [-0.4, -0.2) is 13.0 Å². The van der Waals surface area contributed by atoms with Gasteiger partial charge in [0.2, 0.25) is 0 Å². The second-order valence-electron chi connectivity index (χ2n) is 3.44. The summed E-state index contributed by atoms with van der Waals surface area (Å²) >= 11 is 8.93. The molecule has 1 aromatic carbocycles. The van der Waals surface area contributed by atoms with Crippen LogP contribution in [0, 0.1) is 0 Å². The lowest BCUT2D eigenvalue weighted by molar-refractivity contribution is 0.0997. The number of rotatable bonds is 3. The predicted molar refractivity (Wildman–Crippen MR) is 72.4 cm³/mol. The van der Waals surface area contributed by atoms with Crippen molar-refractivity contribution in [1.82, 2.24) is 0 Å². The number of ether oxygens (including phenoxy) is 1. The summed E-state index contributed by atoms with van der Waals surface area (Å²) in [5.41, 5.74) is 0.596. The van der Waals surface area contributed by atoms with Gasteiger partial charge < -0.3 is 14.5 Å². The summed E-state index contributed by atoms with van der Waals surface area (Å²) in [6.07, 6.45) is 0. The molecule has 1 N–H and O–H groups in total. The van der Waals surface area contributed by atoms with Gasteiger partial charge in [0, 0.05) is 16.2 Å². The molecule has 1 heterocycles. The molecule has 18 heavy (non-hydrogen) atoms. The molecule has 0 bridgehead atoms. The number of halogens is 2. The number of amides is 1. The van der Waals surface area contributed by atoms with E-state index in [-0.39, 0.29) is 16.9 Å². The maximum atomic E-state index is 11.8. The smallest absolute Gasteiger partial charge is 0.291 e. The Balaban J connectivity index is 2.18. The van der Waals surface area contributed by atoms with Crippen LogP contribution in [0.1, 0.15) is 10.6 Å². The van der Waals surface area contributed by atoms with Crippen LogP contribution < -0.4 is 10.1 Å². The van der Waals surface area contributed by atoms with E-state index in [1.165, 1.54) is 12.1 Å². The van der Waals surface area contributed by atoms with Crippen molar-refractivity contribution < 1.29 is 13.9 Å². The molecule has 0 radical (unpaired) electrons. The molecule has 0 aliphatic carbocycles. The average molecular weight is 331 g/mol. The van der Waals surface area contributed by atoms with Crippen molar-refractivity contribution in [3.05, 3.63) is 45.8 Å². The van der Waals surface area contributed by atoms with Gasteiger partial charge in [-0.3, -0.25) is 4.79 Å². The van der Waals surface area contributed by atoms with Crippen molar-refractivity contribution in [2.45, 2.75) is 0 Å². The standard InChI is InChI=1S/C12H9BrClNO3/c1-17-9-5-7(13)4-8(6-9)15-12(16)10-2-3-11(14)18-10/h2-6H,1H3,(H,15,16).